The molecule has 0 radical (unpaired) electrons. The van der Waals surface area contributed by atoms with Crippen molar-refractivity contribution < 1.29 is 90.5 Å². The summed E-state index contributed by atoms with van der Waals surface area (Å²) in [6.07, 6.45) is -15.7. The minimum absolute atomic E-state index is 0.00940. The minimum atomic E-state index is -2.85. The molecule has 2 saturated heterocycles. The van der Waals surface area contributed by atoms with Gasteiger partial charge in [0.05, 0.1) is 44.5 Å². The molecule has 0 N–H and O–H groups in total. The molecule has 19 nitrogen and oxygen atoms in total. The lowest BCUT2D eigenvalue weighted by Crippen LogP contribution is -2.66. The lowest BCUT2D eigenvalue weighted by Gasteiger charge is -2.46. The van der Waals surface area contributed by atoms with Crippen molar-refractivity contribution in [2.75, 3.05) is 19.8 Å². The van der Waals surface area contributed by atoms with Gasteiger partial charge in [0, 0.05) is 0 Å². The van der Waals surface area contributed by atoms with Crippen molar-refractivity contribution in [1.29, 1.82) is 0 Å². The Morgan fingerprint density at radius 3 is 0.931 bits per heavy atom. The summed E-state index contributed by atoms with van der Waals surface area (Å²) in [6, 6.07) is 61.6. The van der Waals surface area contributed by atoms with Crippen molar-refractivity contribution in [3.8, 4) is 0 Å². The molecule has 0 saturated carbocycles. The second-order valence-corrected chi connectivity index (χ2v) is 19.6. The van der Waals surface area contributed by atoms with E-state index in [1.165, 1.54) is 97.1 Å². The number of benzene rings is 8. The molecule has 0 aliphatic carbocycles. The molecule has 10 rings (SSSR count). The first-order valence-electron chi connectivity index (χ1n) is 27.4. The molecule has 19 heteroatoms. The van der Waals surface area contributed by atoms with Crippen molar-refractivity contribution in [3.63, 3.8) is 0 Å². The summed E-state index contributed by atoms with van der Waals surface area (Å²) in [5.74, 6) is -10.8. The van der Waals surface area contributed by atoms with Gasteiger partial charge in [-0.1, -0.05) is 146 Å². The third kappa shape index (κ3) is 14.8. The molecule has 0 bridgehead atoms. The smallest absolute Gasteiger partial charge is 0.338 e. The Morgan fingerprint density at radius 1 is 0.299 bits per heavy atom. The first-order valence-corrected chi connectivity index (χ1v) is 27.4. The number of carbonyl (C=O) groups excluding carboxylic acids is 8. The van der Waals surface area contributed by atoms with Crippen LogP contribution in [0.5, 0.6) is 0 Å². The van der Waals surface area contributed by atoms with Crippen LogP contribution in [-0.4, -0.2) is 122 Å². The Labute approximate surface area is 498 Å². The van der Waals surface area contributed by atoms with E-state index >= 15 is 0 Å². The van der Waals surface area contributed by atoms with Crippen LogP contribution >= 0.6 is 0 Å². The summed E-state index contributed by atoms with van der Waals surface area (Å²) in [6.45, 7) is -2.69. The second-order valence-electron chi connectivity index (χ2n) is 19.6. The highest BCUT2D eigenvalue weighted by molar-refractivity contribution is 5.93. The molecule has 2 fully saturated rings. The standard InChI is InChI=1S/C68H54O19/c69-59(44-25-9-1-10-26-44)77-41-52-54(81-62(72)47-31-15-4-16-32-47)56(83-64(74)49-35-19-6-20-36-49)57(84-65(75)50-37-21-7-22-38-50)67(80-52)87-68(43-79-61(71)46-29-13-3-14-30-46)58(85-66(76)51-39-23-8-24-40-51)55(82-63(73)48-33-17-5-18-34-48)53(86-68)42-78-60(70)45-27-11-2-12-28-45/h1-40,52-58,67H,41-43H2/t52-,53-,54-,55-,56+,57-,58+,67-,68+/m0/s1. The van der Waals surface area contributed by atoms with E-state index < -0.39 is 122 Å². The molecular weight excluding hydrogens is 1120 g/mol. The molecule has 8 aromatic carbocycles. The normalized spacial score (nSPS) is 21.1. The lowest BCUT2D eigenvalue weighted by molar-refractivity contribution is -0.380. The SMILES string of the molecule is O=C(OC[C@@H]1O[C@@H](O[C@@]2(COC(=O)c3ccccc3)O[C@@H](COC(=O)c3ccccc3)[C@H](OC(=O)c3ccccc3)[C@H]2OC(=O)c2ccccc2)[C@@H](OC(=O)c2ccccc2)[C@H](OC(=O)c2ccccc2)[C@H]1OC(=O)c1ccccc1)c1ccccc1. The van der Waals surface area contributed by atoms with E-state index in [9.17, 15) is 38.4 Å². The number of hydrogen-bond acceptors (Lipinski definition) is 19. The van der Waals surface area contributed by atoms with E-state index in [1.807, 2.05) is 0 Å². The predicted octanol–water partition coefficient (Wildman–Crippen LogP) is 9.52. The maximum atomic E-state index is 14.7. The zero-order chi connectivity index (χ0) is 60.5. The van der Waals surface area contributed by atoms with Crippen molar-refractivity contribution >= 4 is 47.8 Å². The van der Waals surface area contributed by atoms with Crippen LogP contribution in [0.2, 0.25) is 0 Å². The molecule has 2 aliphatic rings. The number of rotatable bonds is 21. The third-order valence-corrected chi connectivity index (χ3v) is 13.8. The molecule has 2 aliphatic heterocycles. The highest BCUT2D eigenvalue weighted by Gasteiger charge is 2.65. The van der Waals surface area contributed by atoms with Gasteiger partial charge in [0.1, 0.15) is 32.0 Å². The van der Waals surface area contributed by atoms with Gasteiger partial charge >= 0.3 is 47.8 Å². The van der Waals surface area contributed by atoms with Crippen LogP contribution in [0.25, 0.3) is 0 Å². The minimum Gasteiger partial charge on any atom is -0.459 e. The number of ether oxygens (including phenoxy) is 11. The topological polar surface area (TPSA) is 238 Å². The molecule has 8 aromatic rings. The molecule has 0 spiro atoms. The molecular formula is C68H54O19. The molecule has 0 amide bonds. The van der Waals surface area contributed by atoms with Crippen LogP contribution in [-0.2, 0) is 52.1 Å². The lowest BCUT2D eigenvalue weighted by atomic mass is 9.97. The highest BCUT2D eigenvalue weighted by Crippen LogP contribution is 2.43. The van der Waals surface area contributed by atoms with Gasteiger partial charge in [0.15, 0.2) is 30.5 Å². The fourth-order valence-corrected chi connectivity index (χ4v) is 9.49. The van der Waals surface area contributed by atoms with Gasteiger partial charge in [-0.3, -0.25) is 0 Å². The van der Waals surface area contributed by atoms with Crippen LogP contribution in [0.15, 0.2) is 243 Å². The van der Waals surface area contributed by atoms with Crippen molar-refractivity contribution in [1.82, 2.24) is 0 Å². The van der Waals surface area contributed by atoms with Gasteiger partial charge in [0.25, 0.3) is 0 Å². The number of hydrogen-bond donors (Lipinski definition) is 0. The molecule has 0 aromatic heterocycles. The number of carbonyl (C=O) groups is 8. The first-order chi connectivity index (χ1) is 42.4. The van der Waals surface area contributed by atoms with Gasteiger partial charge in [-0.15, -0.1) is 0 Å². The van der Waals surface area contributed by atoms with Crippen LogP contribution < -0.4 is 0 Å². The van der Waals surface area contributed by atoms with Crippen molar-refractivity contribution in [2.24, 2.45) is 0 Å². The average molecular weight is 1180 g/mol. The number of esters is 8. The Kier molecular flexibility index (Phi) is 19.4. The van der Waals surface area contributed by atoms with Gasteiger partial charge in [0.2, 0.25) is 12.1 Å². The molecule has 9 atom stereocenters. The monoisotopic (exact) mass is 1170 g/mol. The van der Waals surface area contributed by atoms with Crippen molar-refractivity contribution in [2.45, 2.75) is 54.8 Å². The summed E-state index contributed by atoms with van der Waals surface area (Å²) in [4.78, 5) is 115. The first kappa shape index (κ1) is 59.6. The molecule has 0 unspecified atom stereocenters. The van der Waals surface area contributed by atoms with E-state index in [4.69, 9.17) is 52.1 Å². The largest absolute Gasteiger partial charge is 0.459 e. The maximum absolute atomic E-state index is 14.7. The fourth-order valence-electron chi connectivity index (χ4n) is 9.49. The quantitative estimate of drug-likeness (QED) is 0.0480. The Bertz CT molecular complexity index is 3640. The van der Waals surface area contributed by atoms with Crippen LogP contribution in [0.3, 0.4) is 0 Å². The summed E-state index contributed by atoms with van der Waals surface area (Å²) < 4.78 is 70.1. The zero-order valence-corrected chi connectivity index (χ0v) is 46.1. The summed E-state index contributed by atoms with van der Waals surface area (Å²) in [5.41, 5.74) is 0.125. The Morgan fingerprint density at radius 2 is 0.575 bits per heavy atom. The summed E-state index contributed by atoms with van der Waals surface area (Å²) in [7, 11) is 0. The predicted molar refractivity (Wildman–Crippen MR) is 306 cm³/mol. The Hall–Kier alpha value is -10.6. The van der Waals surface area contributed by atoms with Gasteiger partial charge < -0.3 is 52.1 Å². The van der Waals surface area contributed by atoms with Gasteiger partial charge in [-0.2, -0.15) is 0 Å². The zero-order valence-electron chi connectivity index (χ0n) is 46.1. The molecule has 87 heavy (non-hydrogen) atoms. The fraction of sp³-hybridized carbons (Fsp3) is 0.176. The second kappa shape index (κ2) is 28.3. The van der Waals surface area contributed by atoms with E-state index in [0.717, 1.165) is 0 Å². The third-order valence-electron chi connectivity index (χ3n) is 13.8. The van der Waals surface area contributed by atoms with E-state index in [-0.39, 0.29) is 44.5 Å². The maximum Gasteiger partial charge on any atom is 0.338 e. The van der Waals surface area contributed by atoms with Gasteiger partial charge in [-0.25, -0.2) is 38.4 Å². The average Bonchev–Trinajstić information content (AvgIpc) is 1.83. The van der Waals surface area contributed by atoms with E-state index in [0.29, 0.717) is 0 Å². The Balaban J connectivity index is 1.16. The van der Waals surface area contributed by atoms with Gasteiger partial charge in [-0.05, 0) is 97.1 Å². The van der Waals surface area contributed by atoms with Crippen molar-refractivity contribution in [3.05, 3.63) is 287 Å². The van der Waals surface area contributed by atoms with E-state index in [2.05, 4.69) is 0 Å². The van der Waals surface area contributed by atoms with E-state index in [1.54, 1.807) is 146 Å². The molecule has 440 valence electrons. The molecule has 2 heterocycles. The van der Waals surface area contributed by atoms with Crippen LogP contribution in [0.4, 0.5) is 0 Å². The highest BCUT2D eigenvalue weighted by atomic mass is 16.8. The summed E-state index contributed by atoms with van der Waals surface area (Å²) in [5, 5.41) is 0. The summed E-state index contributed by atoms with van der Waals surface area (Å²) >= 11 is 0. The van der Waals surface area contributed by atoms with Crippen LogP contribution in [0.1, 0.15) is 82.9 Å². The van der Waals surface area contributed by atoms with Crippen LogP contribution in [0, 0.1) is 0 Å².